The zero-order chi connectivity index (χ0) is 17.6. The summed E-state index contributed by atoms with van der Waals surface area (Å²) in [4.78, 5) is 16.0. The quantitative estimate of drug-likeness (QED) is 0.872. The number of nitrogens with one attached hydrogen (secondary N) is 1. The second kappa shape index (κ2) is 7.81. The molecule has 0 unspecified atom stereocenters. The van der Waals surface area contributed by atoms with E-state index in [0.717, 1.165) is 5.56 Å². The molecule has 2 rings (SSSR count). The first-order valence-electron chi connectivity index (χ1n) is 7.38. The number of nitrogens with zero attached hydrogens (tertiary/aromatic N) is 1. The summed E-state index contributed by atoms with van der Waals surface area (Å²) in [5.74, 6) is -0.536. The van der Waals surface area contributed by atoms with Crippen molar-refractivity contribution in [1.29, 1.82) is 0 Å². The number of ether oxygens (including phenoxy) is 1. The molecule has 1 N–H and O–H groups in total. The van der Waals surface area contributed by atoms with E-state index in [1.807, 2.05) is 13.0 Å². The molecule has 0 radical (unpaired) electrons. The minimum absolute atomic E-state index is 0.0584. The molecule has 1 aromatic carbocycles. The molecule has 0 aliphatic carbocycles. The van der Waals surface area contributed by atoms with Crippen LogP contribution in [0.4, 0.5) is 13.2 Å². The molecule has 4 nitrogen and oxygen atoms in total. The highest BCUT2D eigenvalue weighted by Gasteiger charge is 2.31. The summed E-state index contributed by atoms with van der Waals surface area (Å²) in [5.41, 5.74) is 1.19. The van der Waals surface area contributed by atoms with E-state index in [4.69, 9.17) is 0 Å². The molecule has 1 aromatic heterocycles. The number of hydrogen-bond donors (Lipinski definition) is 1. The van der Waals surface area contributed by atoms with Gasteiger partial charge in [-0.05, 0) is 36.6 Å². The molecule has 128 valence electrons. The number of aryl methyl sites for hydroxylation is 1. The number of rotatable bonds is 6. The van der Waals surface area contributed by atoms with Crippen molar-refractivity contribution in [2.24, 2.45) is 0 Å². The van der Waals surface area contributed by atoms with Crippen molar-refractivity contribution in [3.05, 3.63) is 59.9 Å². The SMILES string of the molecule is C[C@@H](NC(=O)CCc1ccccc1OC(F)(F)F)c1cccnc1. The van der Waals surface area contributed by atoms with Crippen LogP contribution in [0.25, 0.3) is 0 Å². The van der Waals surface area contributed by atoms with Crippen molar-refractivity contribution in [3.8, 4) is 5.75 Å². The Morgan fingerprint density at radius 3 is 2.67 bits per heavy atom. The van der Waals surface area contributed by atoms with Crippen molar-refractivity contribution in [2.45, 2.75) is 32.2 Å². The van der Waals surface area contributed by atoms with E-state index in [1.165, 1.54) is 18.2 Å². The normalized spacial score (nSPS) is 12.5. The van der Waals surface area contributed by atoms with Gasteiger partial charge in [-0.15, -0.1) is 13.2 Å². The lowest BCUT2D eigenvalue weighted by atomic mass is 10.1. The first-order chi connectivity index (χ1) is 11.3. The second-order valence-electron chi connectivity index (χ2n) is 5.23. The van der Waals surface area contributed by atoms with Gasteiger partial charge < -0.3 is 10.1 Å². The number of carbonyl (C=O) groups excluding carboxylic acids is 1. The lowest BCUT2D eigenvalue weighted by Crippen LogP contribution is -2.27. The van der Waals surface area contributed by atoms with E-state index in [9.17, 15) is 18.0 Å². The van der Waals surface area contributed by atoms with Crippen molar-refractivity contribution in [3.63, 3.8) is 0 Å². The fourth-order valence-electron chi connectivity index (χ4n) is 2.21. The average molecular weight is 338 g/mol. The Hall–Kier alpha value is -2.57. The summed E-state index contributed by atoms with van der Waals surface area (Å²) in [6.07, 6.45) is -1.26. The van der Waals surface area contributed by atoms with Gasteiger partial charge in [0.05, 0.1) is 6.04 Å². The number of hydrogen-bond acceptors (Lipinski definition) is 3. The Labute approximate surface area is 137 Å². The zero-order valence-electron chi connectivity index (χ0n) is 13.0. The van der Waals surface area contributed by atoms with Gasteiger partial charge in [-0.2, -0.15) is 0 Å². The van der Waals surface area contributed by atoms with Gasteiger partial charge in [-0.1, -0.05) is 24.3 Å². The van der Waals surface area contributed by atoms with Crippen LogP contribution in [0.15, 0.2) is 48.8 Å². The predicted molar refractivity (Wildman–Crippen MR) is 82.2 cm³/mol. The van der Waals surface area contributed by atoms with Crippen LogP contribution in [-0.2, 0) is 11.2 Å². The molecule has 1 heterocycles. The topological polar surface area (TPSA) is 51.2 Å². The summed E-state index contributed by atoms with van der Waals surface area (Å²) >= 11 is 0. The van der Waals surface area contributed by atoms with Crippen LogP contribution in [0.3, 0.4) is 0 Å². The maximum absolute atomic E-state index is 12.4. The van der Waals surface area contributed by atoms with E-state index in [2.05, 4.69) is 15.0 Å². The van der Waals surface area contributed by atoms with Crippen LogP contribution in [0.1, 0.15) is 30.5 Å². The van der Waals surface area contributed by atoms with E-state index < -0.39 is 6.36 Å². The number of alkyl halides is 3. The molecular formula is C17H17F3N2O2. The lowest BCUT2D eigenvalue weighted by molar-refractivity contribution is -0.274. The maximum atomic E-state index is 12.4. The molecule has 0 fully saturated rings. The highest BCUT2D eigenvalue weighted by atomic mass is 19.4. The smallest absolute Gasteiger partial charge is 0.406 e. The largest absolute Gasteiger partial charge is 0.573 e. The first-order valence-corrected chi connectivity index (χ1v) is 7.38. The van der Waals surface area contributed by atoms with Gasteiger partial charge in [0.25, 0.3) is 0 Å². The van der Waals surface area contributed by atoms with Crippen molar-refractivity contribution < 1.29 is 22.7 Å². The number of halogens is 3. The van der Waals surface area contributed by atoms with Gasteiger partial charge in [0.2, 0.25) is 5.91 Å². The minimum Gasteiger partial charge on any atom is -0.406 e. The van der Waals surface area contributed by atoms with E-state index >= 15 is 0 Å². The Balaban J connectivity index is 1.92. The lowest BCUT2D eigenvalue weighted by Gasteiger charge is -2.15. The Morgan fingerprint density at radius 1 is 1.25 bits per heavy atom. The van der Waals surface area contributed by atoms with E-state index in [1.54, 1.807) is 24.5 Å². The highest BCUT2D eigenvalue weighted by molar-refractivity contribution is 5.76. The van der Waals surface area contributed by atoms with E-state index in [-0.39, 0.29) is 30.5 Å². The Kier molecular flexibility index (Phi) is 5.78. The number of carbonyl (C=O) groups is 1. The molecule has 24 heavy (non-hydrogen) atoms. The van der Waals surface area contributed by atoms with Crippen molar-refractivity contribution >= 4 is 5.91 Å². The molecule has 0 saturated heterocycles. The standard InChI is InChI=1S/C17H17F3N2O2/c1-12(14-6-4-10-21-11-14)22-16(23)9-8-13-5-2-3-7-15(13)24-17(18,19)20/h2-7,10-12H,8-9H2,1H3,(H,22,23)/t12-/m1/s1. The molecule has 2 aromatic rings. The molecule has 1 amide bonds. The molecule has 0 aliphatic rings. The number of benzene rings is 1. The van der Waals surface area contributed by atoms with Crippen LogP contribution < -0.4 is 10.1 Å². The Bertz CT molecular complexity index is 675. The fraction of sp³-hybridized carbons (Fsp3) is 0.294. The van der Waals surface area contributed by atoms with Crippen LogP contribution in [0.2, 0.25) is 0 Å². The van der Waals surface area contributed by atoms with E-state index in [0.29, 0.717) is 5.56 Å². The summed E-state index contributed by atoms with van der Waals surface area (Å²) in [6.45, 7) is 1.82. The van der Waals surface area contributed by atoms with Crippen molar-refractivity contribution in [1.82, 2.24) is 10.3 Å². The fourth-order valence-corrected chi connectivity index (χ4v) is 2.21. The molecule has 0 bridgehead atoms. The third-order valence-corrected chi connectivity index (χ3v) is 3.38. The first kappa shape index (κ1) is 17.8. The Morgan fingerprint density at radius 2 is 2.00 bits per heavy atom. The van der Waals surface area contributed by atoms with Gasteiger partial charge in [0.1, 0.15) is 5.75 Å². The molecule has 0 aliphatic heterocycles. The number of aromatic nitrogens is 1. The maximum Gasteiger partial charge on any atom is 0.573 e. The van der Waals surface area contributed by atoms with Crippen LogP contribution in [0.5, 0.6) is 5.75 Å². The minimum atomic E-state index is -4.76. The third-order valence-electron chi connectivity index (χ3n) is 3.38. The van der Waals surface area contributed by atoms with Gasteiger partial charge >= 0.3 is 6.36 Å². The van der Waals surface area contributed by atoms with Crippen LogP contribution >= 0.6 is 0 Å². The third kappa shape index (κ3) is 5.57. The molecular weight excluding hydrogens is 321 g/mol. The monoisotopic (exact) mass is 338 g/mol. The average Bonchev–Trinajstić information content (AvgIpc) is 2.53. The molecule has 1 atom stereocenters. The summed E-state index contributed by atoms with van der Waals surface area (Å²) in [7, 11) is 0. The summed E-state index contributed by atoms with van der Waals surface area (Å²) in [6, 6.07) is 9.18. The highest BCUT2D eigenvalue weighted by Crippen LogP contribution is 2.27. The van der Waals surface area contributed by atoms with Crippen LogP contribution in [0, 0.1) is 0 Å². The second-order valence-corrected chi connectivity index (χ2v) is 5.23. The zero-order valence-corrected chi connectivity index (χ0v) is 13.0. The van der Waals surface area contributed by atoms with Crippen LogP contribution in [-0.4, -0.2) is 17.3 Å². The van der Waals surface area contributed by atoms with Gasteiger partial charge in [0, 0.05) is 18.8 Å². The number of para-hydroxylation sites is 1. The predicted octanol–water partition coefficient (Wildman–Crippen LogP) is 3.79. The van der Waals surface area contributed by atoms with Gasteiger partial charge in [-0.25, -0.2) is 0 Å². The number of pyridine rings is 1. The van der Waals surface area contributed by atoms with Gasteiger partial charge in [0.15, 0.2) is 0 Å². The van der Waals surface area contributed by atoms with Gasteiger partial charge in [-0.3, -0.25) is 9.78 Å². The van der Waals surface area contributed by atoms with Crippen molar-refractivity contribution in [2.75, 3.05) is 0 Å². The molecule has 0 saturated carbocycles. The number of amides is 1. The summed E-state index contributed by atoms with van der Waals surface area (Å²) in [5, 5.41) is 2.79. The molecule has 0 spiro atoms. The summed E-state index contributed by atoms with van der Waals surface area (Å²) < 4.78 is 41.1. The molecule has 7 heteroatoms.